The number of aromatic nitrogens is 3. The number of carbonyl (C=O) groups is 2. The lowest BCUT2D eigenvalue weighted by atomic mass is 10.1. The Morgan fingerprint density at radius 2 is 1.85 bits per heavy atom. The second-order valence-corrected chi connectivity index (χ2v) is 5.59. The summed E-state index contributed by atoms with van der Waals surface area (Å²) in [6, 6.07) is 10.7. The number of hydrogen-bond donors (Lipinski definition) is 2. The van der Waals surface area contributed by atoms with Crippen LogP contribution >= 0.6 is 0 Å². The zero-order valence-electron chi connectivity index (χ0n) is 14.1. The van der Waals surface area contributed by atoms with Crippen molar-refractivity contribution in [2.45, 2.75) is 13.5 Å². The molecule has 7 heteroatoms. The first-order valence-electron chi connectivity index (χ1n) is 7.99. The SMILES string of the molecule is CC(=O)c1cccc(Nc2cnc(C(=O)NCc3ccncc3)cn2)c1. The highest BCUT2D eigenvalue weighted by atomic mass is 16.1. The minimum absolute atomic E-state index is 0.0130. The number of rotatable bonds is 6. The van der Waals surface area contributed by atoms with E-state index in [4.69, 9.17) is 0 Å². The topological polar surface area (TPSA) is 96.9 Å². The van der Waals surface area contributed by atoms with Gasteiger partial charge in [0.15, 0.2) is 5.78 Å². The maximum atomic E-state index is 12.1. The van der Waals surface area contributed by atoms with Crippen molar-refractivity contribution in [1.82, 2.24) is 20.3 Å². The van der Waals surface area contributed by atoms with Gasteiger partial charge in [0.1, 0.15) is 11.5 Å². The third kappa shape index (κ3) is 4.47. The monoisotopic (exact) mass is 347 g/mol. The van der Waals surface area contributed by atoms with Crippen molar-refractivity contribution in [1.29, 1.82) is 0 Å². The zero-order valence-corrected chi connectivity index (χ0v) is 14.1. The molecule has 0 aliphatic rings. The third-order valence-electron chi connectivity index (χ3n) is 3.63. The van der Waals surface area contributed by atoms with E-state index in [0.29, 0.717) is 17.9 Å². The molecule has 130 valence electrons. The van der Waals surface area contributed by atoms with Crippen LogP contribution in [0.15, 0.2) is 61.2 Å². The number of anilines is 2. The number of hydrogen-bond acceptors (Lipinski definition) is 6. The molecule has 2 N–H and O–H groups in total. The molecule has 2 aromatic heterocycles. The van der Waals surface area contributed by atoms with E-state index >= 15 is 0 Å². The molecule has 0 bridgehead atoms. The minimum Gasteiger partial charge on any atom is -0.347 e. The van der Waals surface area contributed by atoms with Crippen LogP contribution in [0.4, 0.5) is 11.5 Å². The van der Waals surface area contributed by atoms with Crippen LogP contribution in [0.25, 0.3) is 0 Å². The molecule has 7 nitrogen and oxygen atoms in total. The average Bonchev–Trinajstić information content (AvgIpc) is 2.68. The zero-order chi connectivity index (χ0) is 18.4. The first-order chi connectivity index (χ1) is 12.6. The van der Waals surface area contributed by atoms with Gasteiger partial charge in [0.2, 0.25) is 0 Å². The second-order valence-electron chi connectivity index (χ2n) is 5.59. The van der Waals surface area contributed by atoms with Crippen molar-refractivity contribution in [2.75, 3.05) is 5.32 Å². The van der Waals surface area contributed by atoms with Gasteiger partial charge in [0.25, 0.3) is 5.91 Å². The molecule has 0 spiro atoms. The van der Waals surface area contributed by atoms with Crippen molar-refractivity contribution in [3.8, 4) is 0 Å². The van der Waals surface area contributed by atoms with Gasteiger partial charge in [-0.1, -0.05) is 12.1 Å². The fourth-order valence-electron chi connectivity index (χ4n) is 2.25. The molecule has 26 heavy (non-hydrogen) atoms. The molecule has 1 amide bonds. The number of nitrogens with zero attached hydrogens (tertiary/aromatic N) is 3. The van der Waals surface area contributed by atoms with Crippen molar-refractivity contribution in [3.05, 3.63) is 78.0 Å². The van der Waals surface area contributed by atoms with Crippen LogP contribution in [-0.4, -0.2) is 26.6 Å². The Hall–Kier alpha value is -3.61. The van der Waals surface area contributed by atoms with E-state index in [1.807, 2.05) is 18.2 Å². The highest BCUT2D eigenvalue weighted by Gasteiger charge is 2.08. The van der Waals surface area contributed by atoms with Crippen molar-refractivity contribution < 1.29 is 9.59 Å². The molecule has 1 aromatic carbocycles. The number of Topliss-reactive ketones (excluding diaryl/α,β-unsaturated/α-hetero) is 1. The molecule has 0 atom stereocenters. The minimum atomic E-state index is -0.306. The molecule has 0 aliphatic carbocycles. The summed E-state index contributed by atoms with van der Waals surface area (Å²) in [7, 11) is 0. The van der Waals surface area contributed by atoms with E-state index in [1.165, 1.54) is 19.3 Å². The maximum Gasteiger partial charge on any atom is 0.271 e. The van der Waals surface area contributed by atoms with Gasteiger partial charge in [-0.3, -0.25) is 14.6 Å². The molecule has 0 saturated carbocycles. The van der Waals surface area contributed by atoms with E-state index in [2.05, 4.69) is 25.6 Å². The Balaban J connectivity index is 1.62. The molecule has 0 aliphatic heterocycles. The highest BCUT2D eigenvalue weighted by Crippen LogP contribution is 2.15. The first-order valence-corrected chi connectivity index (χ1v) is 7.99. The van der Waals surface area contributed by atoms with Crippen LogP contribution in [0.2, 0.25) is 0 Å². The fraction of sp³-hybridized carbons (Fsp3) is 0.105. The summed E-state index contributed by atoms with van der Waals surface area (Å²) in [6.45, 7) is 1.90. The normalized spacial score (nSPS) is 10.2. The van der Waals surface area contributed by atoms with Crippen LogP contribution < -0.4 is 10.6 Å². The van der Waals surface area contributed by atoms with Crippen LogP contribution in [-0.2, 0) is 6.54 Å². The number of nitrogens with one attached hydrogen (secondary N) is 2. The van der Waals surface area contributed by atoms with Gasteiger partial charge in [0.05, 0.1) is 12.4 Å². The summed E-state index contributed by atoms with van der Waals surface area (Å²) in [6.07, 6.45) is 6.21. The van der Waals surface area contributed by atoms with Crippen LogP contribution in [0.5, 0.6) is 0 Å². The lowest BCUT2D eigenvalue weighted by Crippen LogP contribution is -2.24. The summed E-state index contributed by atoms with van der Waals surface area (Å²) in [5.41, 5.74) is 2.50. The second kappa shape index (κ2) is 7.98. The van der Waals surface area contributed by atoms with E-state index in [0.717, 1.165) is 11.3 Å². The van der Waals surface area contributed by atoms with Crippen LogP contribution in [0.3, 0.4) is 0 Å². The summed E-state index contributed by atoms with van der Waals surface area (Å²) in [5, 5.41) is 5.84. The van der Waals surface area contributed by atoms with Gasteiger partial charge in [0, 0.05) is 30.2 Å². The number of benzene rings is 1. The maximum absolute atomic E-state index is 12.1. The quantitative estimate of drug-likeness (QED) is 0.666. The Bertz CT molecular complexity index is 911. The van der Waals surface area contributed by atoms with Gasteiger partial charge >= 0.3 is 0 Å². The van der Waals surface area contributed by atoms with Gasteiger partial charge in [-0.05, 0) is 36.8 Å². The summed E-state index contributed by atoms with van der Waals surface area (Å²) < 4.78 is 0. The van der Waals surface area contributed by atoms with Crippen LogP contribution in [0.1, 0.15) is 33.3 Å². The predicted molar refractivity (Wildman–Crippen MR) is 97.2 cm³/mol. The standard InChI is InChI=1S/C19H17N5O2/c1-13(25)15-3-2-4-16(9-15)24-18-12-21-17(11-22-18)19(26)23-10-14-5-7-20-8-6-14/h2-9,11-12H,10H2,1H3,(H,22,24)(H,23,26). The van der Waals surface area contributed by atoms with E-state index in [9.17, 15) is 9.59 Å². The first kappa shape index (κ1) is 17.2. The molecule has 0 saturated heterocycles. The van der Waals surface area contributed by atoms with Crippen molar-refractivity contribution in [2.24, 2.45) is 0 Å². The third-order valence-corrected chi connectivity index (χ3v) is 3.63. The number of pyridine rings is 1. The highest BCUT2D eigenvalue weighted by molar-refractivity contribution is 5.95. The fourth-order valence-corrected chi connectivity index (χ4v) is 2.25. The van der Waals surface area contributed by atoms with E-state index in [1.54, 1.807) is 30.6 Å². The summed E-state index contributed by atoms with van der Waals surface area (Å²) in [4.78, 5) is 35.8. The Morgan fingerprint density at radius 1 is 1.04 bits per heavy atom. The predicted octanol–water partition coefficient (Wildman–Crippen LogP) is 2.75. The number of amides is 1. The molecule has 0 radical (unpaired) electrons. The molecule has 3 rings (SSSR count). The summed E-state index contributed by atoms with van der Waals surface area (Å²) in [5.74, 6) is 0.164. The van der Waals surface area contributed by atoms with E-state index < -0.39 is 0 Å². The summed E-state index contributed by atoms with van der Waals surface area (Å²) >= 11 is 0. The molecular formula is C19H17N5O2. The smallest absolute Gasteiger partial charge is 0.271 e. The Kier molecular flexibility index (Phi) is 5.28. The molecule has 2 heterocycles. The van der Waals surface area contributed by atoms with Crippen LogP contribution in [0, 0.1) is 0 Å². The van der Waals surface area contributed by atoms with Crippen molar-refractivity contribution >= 4 is 23.2 Å². The van der Waals surface area contributed by atoms with Crippen molar-refractivity contribution in [3.63, 3.8) is 0 Å². The average molecular weight is 347 g/mol. The number of carbonyl (C=O) groups excluding carboxylic acids is 2. The molecule has 0 unspecified atom stereocenters. The van der Waals surface area contributed by atoms with Gasteiger partial charge in [-0.15, -0.1) is 0 Å². The lowest BCUT2D eigenvalue weighted by molar-refractivity contribution is 0.0944. The largest absolute Gasteiger partial charge is 0.347 e. The molecule has 3 aromatic rings. The molecular weight excluding hydrogens is 330 g/mol. The lowest BCUT2D eigenvalue weighted by Gasteiger charge is -2.08. The number of ketones is 1. The Labute approximate surface area is 150 Å². The van der Waals surface area contributed by atoms with E-state index in [-0.39, 0.29) is 17.4 Å². The van der Waals surface area contributed by atoms with Gasteiger partial charge in [-0.2, -0.15) is 0 Å². The molecule has 0 fully saturated rings. The van der Waals surface area contributed by atoms with Gasteiger partial charge in [-0.25, -0.2) is 9.97 Å². The Morgan fingerprint density at radius 3 is 2.54 bits per heavy atom. The van der Waals surface area contributed by atoms with Gasteiger partial charge < -0.3 is 10.6 Å².